The molecule has 7 heteroatoms. The maximum atomic E-state index is 12.0. The summed E-state index contributed by atoms with van der Waals surface area (Å²) in [6.07, 6.45) is 4.76. The molecule has 0 spiro atoms. The van der Waals surface area contributed by atoms with Crippen molar-refractivity contribution in [3.8, 4) is 5.75 Å². The number of nitrogens with one attached hydrogen (secondary N) is 1. The van der Waals surface area contributed by atoms with Crippen LogP contribution in [0.15, 0.2) is 58.2 Å². The first-order chi connectivity index (χ1) is 14.3. The maximum absolute atomic E-state index is 12.0. The number of benzene rings is 2. The van der Waals surface area contributed by atoms with Crippen LogP contribution in [0.5, 0.6) is 5.75 Å². The highest BCUT2D eigenvalue weighted by Crippen LogP contribution is 2.26. The Morgan fingerprint density at radius 3 is 2.76 bits per heavy atom. The summed E-state index contributed by atoms with van der Waals surface area (Å²) in [7, 11) is 0. The number of hydrogen-bond donors (Lipinski definition) is 1. The minimum atomic E-state index is -0.0797. The van der Waals surface area contributed by atoms with Gasteiger partial charge in [0.1, 0.15) is 5.75 Å². The molecule has 0 unspecified atom stereocenters. The van der Waals surface area contributed by atoms with Crippen LogP contribution in [0.25, 0.3) is 0 Å². The summed E-state index contributed by atoms with van der Waals surface area (Å²) < 4.78 is 11.4. The zero-order chi connectivity index (χ0) is 19.9. The summed E-state index contributed by atoms with van der Waals surface area (Å²) in [5, 5.41) is 11.2. The molecule has 0 fully saturated rings. The Bertz CT molecular complexity index is 959. The van der Waals surface area contributed by atoms with Gasteiger partial charge in [-0.15, -0.1) is 10.2 Å². The van der Waals surface area contributed by atoms with Gasteiger partial charge in [-0.3, -0.25) is 4.79 Å². The van der Waals surface area contributed by atoms with Crippen LogP contribution < -0.4 is 10.1 Å². The predicted octanol–water partition coefficient (Wildman–Crippen LogP) is 3.94. The smallest absolute Gasteiger partial charge is 0.277 e. The molecule has 1 heterocycles. The van der Waals surface area contributed by atoms with Gasteiger partial charge in [-0.2, -0.15) is 0 Å². The molecule has 2 aromatic carbocycles. The SMILES string of the molecule is O=C(CSc1nnc(COc2ccc3c(c2)CCCC3)o1)NCc1ccccc1. The Hall–Kier alpha value is -2.80. The monoisotopic (exact) mass is 409 g/mol. The largest absolute Gasteiger partial charge is 0.484 e. The van der Waals surface area contributed by atoms with Crippen molar-refractivity contribution in [3.05, 3.63) is 71.1 Å². The number of thioether (sulfide) groups is 1. The number of fused-ring (bicyclic) bond motifs is 1. The first-order valence-corrected chi connectivity index (χ1v) is 10.8. The Labute approximate surface area is 174 Å². The molecule has 3 aromatic rings. The summed E-state index contributed by atoms with van der Waals surface area (Å²) in [4.78, 5) is 12.0. The van der Waals surface area contributed by atoms with Crippen LogP contribution in [0.1, 0.15) is 35.4 Å². The van der Waals surface area contributed by atoms with Gasteiger partial charge >= 0.3 is 0 Å². The van der Waals surface area contributed by atoms with Crippen LogP contribution in [0.2, 0.25) is 0 Å². The molecule has 1 N–H and O–H groups in total. The predicted molar refractivity (Wildman–Crippen MR) is 111 cm³/mol. The van der Waals surface area contributed by atoms with E-state index < -0.39 is 0 Å². The van der Waals surface area contributed by atoms with Gasteiger partial charge in [0, 0.05) is 6.54 Å². The molecule has 1 aliphatic carbocycles. The van der Waals surface area contributed by atoms with E-state index in [1.165, 1.54) is 35.7 Å². The van der Waals surface area contributed by atoms with Gasteiger partial charge in [-0.1, -0.05) is 48.2 Å². The van der Waals surface area contributed by atoms with E-state index in [2.05, 4.69) is 27.6 Å². The fourth-order valence-electron chi connectivity index (χ4n) is 3.27. The lowest BCUT2D eigenvalue weighted by Crippen LogP contribution is -2.24. The lowest BCUT2D eigenvalue weighted by atomic mass is 9.92. The highest BCUT2D eigenvalue weighted by atomic mass is 32.2. The summed E-state index contributed by atoms with van der Waals surface area (Å²) in [6, 6.07) is 16.0. The molecule has 0 aliphatic heterocycles. The second-order valence-corrected chi connectivity index (χ2v) is 7.87. The Morgan fingerprint density at radius 1 is 1.07 bits per heavy atom. The van der Waals surface area contributed by atoms with E-state index in [0.717, 1.165) is 24.2 Å². The van der Waals surface area contributed by atoms with E-state index >= 15 is 0 Å². The number of aryl methyl sites for hydroxylation is 2. The van der Waals surface area contributed by atoms with Gasteiger partial charge in [-0.25, -0.2) is 0 Å². The molecular weight excluding hydrogens is 386 g/mol. The minimum Gasteiger partial charge on any atom is -0.484 e. The Morgan fingerprint density at radius 2 is 1.90 bits per heavy atom. The van der Waals surface area contributed by atoms with E-state index in [-0.39, 0.29) is 18.3 Å². The summed E-state index contributed by atoms with van der Waals surface area (Å²) in [5.41, 5.74) is 3.85. The second-order valence-electron chi connectivity index (χ2n) is 6.94. The molecule has 4 rings (SSSR count). The number of carbonyl (C=O) groups excluding carboxylic acids is 1. The van der Waals surface area contributed by atoms with Crippen molar-refractivity contribution in [1.29, 1.82) is 0 Å². The fourth-order valence-corrected chi connectivity index (χ4v) is 3.88. The number of amides is 1. The molecule has 6 nitrogen and oxygen atoms in total. The zero-order valence-electron chi connectivity index (χ0n) is 16.1. The topological polar surface area (TPSA) is 77.2 Å². The van der Waals surface area contributed by atoms with Crippen molar-refractivity contribution in [2.45, 2.75) is 44.1 Å². The molecule has 1 aliphatic rings. The van der Waals surface area contributed by atoms with E-state index in [1.54, 1.807) is 0 Å². The van der Waals surface area contributed by atoms with Crippen molar-refractivity contribution < 1.29 is 13.9 Å². The number of aromatic nitrogens is 2. The lowest BCUT2D eigenvalue weighted by Gasteiger charge is -2.16. The molecule has 0 saturated heterocycles. The standard InChI is InChI=1S/C22H23N3O3S/c26-20(23-13-16-6-2-1-3-7-16)15-29-22-25-24-21(28-22)14-27-19-11-10-17-8-4-5-9-18(17)12-19/h1-3,6-7,10-12H,4-5,8-9,13-15H2,(H,23,26). The van der Waals surface area contributed by atoms with E-state index in [9.17, 15) is 4.79 Å². The van der Waals surface area contributed by atoms with Gasteiger partial charge in [0.25, 0.3) is 11.1 Å². The average molecular weight is 410 g/mol. The van der Waals surface area contributed by atoms with Gasteiger partial charge in [0.15, 0.2) is 6.61 Å². The average Bonchev–Trinajstić information content (AvgIpc) is 3.23. The Balaban J connectivity index is 1.22. The number of ether oxygens (including phenoxy) is 1. The summed E-state index contributed by atoms with van der Waals surface area (Å²) >= 11 is 1.22. The van der Waals surface area contributed by atoms with Crippen molar-refractivity contribution in [1.82, 2.24) is 15.5 Å². The second kappa shape index (κ2) is 9.60. The van der Waals surface area contributed by atoms with Gasteiger partial charge in [-0.05, 0) is 54.5 Å². The molecule has 0 atom stereocenters. The third-order valence-corrected chi connectivity index (χ3v) is 5.61. The van der Waals surface area contributed by atoms with Crippen molar-refractivity contribution in [3.63, 3.8) is 0 Å². The highest BCUT2D eigenvalue weighted by molar-refractivity contribution is 7.99. The zero-order valence-corrected chi connectivity index (χ0v) is 16.9. The van der Waals surface area contributed by atoms with Gasteiger partial charge in [0.05, 0.1) is 5.75 Å². The lowest BCUT2D eigenvalue weighted by molar-refractivity contribution is -0.118. The number of nitrogens with zero attached hydrogens (tertiary/aromatic N) is 2. The van der Waals surface area contributed by atoms with Crippen molar-refractivity contribution >= 4 is 17.7 Å². The van der Waals surface area contributed by atoms with Gasteiger partial charge < -0.3 is 14.5 Å². The maximum Gasteiger partial charge on any atom is 0.277 e. The minimum absolute atomic E-state index is 0.0797. The van der Waals surface area contributed by atoms with Crippen molar-refractivity contribution in [2.75, 3.05) is 5.75 Å². The van der Waals surface area contributed by atoms with Crippen LogP contribution in [0, 0.1) is 0 Å². The summed E-state index contributed by atoms with van der Waals surface area (Å²) in [6.45, 7) is 0.719. The normalized spacial score (nSPS) is 13.0. The number of rotatable bonds is 8. The van der Waals surface area contributed by atoms with Crippen LogP contribution in [-0.2, 0) is 30.8 Å². The molecule has 1 amide bonds. The van der Waals surface area contributed by atoms with Crippen LogP contribution in [-0.4, -0.2) is 21.9 Å². The number of hydrogen-bond acceptors (Lipinski definition) is 6. The fraction of sp³-hybridized carbons (Fsp3) is 0.318. The van der Waals surface area contributed by atoms with E-state index in [4.69, 9.17) is 9.15 Å². The third kappa shape index (κ3) is 5.60. The van der Waals surface area contributed by atoms with E-state index in [1.807, 2.05) is 36.4 Å². The third-order valence-electron chi connectivity index (χ3n) is 4.79. The molecule has 0 bridgehead atoms. The van der Waals surface area contributed by atoms with Crippen LogP contribution >= 0.6 is 11.8 Å². The molecule has 0 radical (unpaired) electrons. The van der Waals surface area contributed by atoms with Crippen LogP contribution in [0.3, 0.4) is 0 Å². The first-order valence-electron chi connectivity index (χ1n) is 9.77. The quantitative estimate of drug-likeness (QED) is 0.568. The molecule has 29 heavy (non-hydrogen) atoms. The first kappa shape index (κ1) is 19.5. The highest BCUT2D eigenvalue weighted by Gasteiger charge is 2.12. The molecular formula is C22H23N3O3S. The van der Waals surface area contributed by atoms with Crippen molar-refractivity contribution in [2.24, 2.45) is 0 Å². The number of carbonyl (C=O) groups is 1. The molecule has 1 aromatic heterocycles. The summed E-state index contributed by atoms with van der Waals surface area (Å²) in [5.74, 6) is 1.36. The molecule has 150 valence electrons. The Kier molecular flexibility index (Phi) is 6.46. The molecule has 0 saturated carbocycles. The van der Waals surface area contributed by atoms with Crippen LogP contribution in [0.4, 0.5) is 0 Å². The van der Waals surface area contributed by atoms with E-state index in [0.29, 0.717) is 17.7 Å². The van der Waals surface area contributed by atoms with Gasteiger partial charge in [0.2, 0.25) is 5.91 Å².